The van der Waals surface area contributed by atoms with Crippen LogP contribution in [0.5, 0.6) is 0 Å². The number of carbonyl (C=O) groups is 1. The minimum atomic E-state index is -0.836. The first-order valence-electron chi connectivity index (χ1n) is 5.17. The number of nitrogens with one attached hydrogen (secondary N) is 1. The molecule has 0 amide bonds. The summed E-state index contributed by atoms with van der Waals surface area (Å²) in [4.78, 5) is 20.2. The predicted octanol–water partition coefficient (Wildman–Crippen LogP) is 2.88. The zero-order valence-electron chi connectivity index (χ0n) is 9.27. The molecule has 17 heavy (non-hydrogen) atoms. The second-order valence-electron chi connectivity index (χ2n) is 3.40. The van der Waals surface area contributed by atoms with Crippen LogP contribution < -0.4 is 0 Å². The van der Waals surface area contributed by atoms with Crippen molar-refractivity contribution >= 4 is 29.1 Å². The van der Waals surface area contributed by atoms with Gasteiger partial charge in [0, 0.05) is 4.88 Å². The molecule has 4 nitrogen and oxygen atoms in total. The maximum absolute atomic E-state index is 10.4. The highest BCUT2D eigenvalue weighted by atomic mass is 32.2. The second-order valence-corrected chi connectivity index (χ2v) is 5.54. The van der Waals surface area contributed by atoms with E-state index >= 15 is 0 Å². The molecule has 2 aromatic rings. The molecule has 2 heterocycles. The Bertz CT molecular complexity index is 519. The van der Waals surface area contributed by atoms with Crippen molar-refractivity contribution in [2.75, 3.05) is 5.75 Å². The van der Waals surface area contributed by atoms with Gasteiger partial charge in [-0.3, -0.25) is 4.79 Å². The maximum Gasteiger partial charge on any atom is 0.313 e. The molecular formula is C11H12N2O2S2. The van der Waals surface area contributed by atoms with E-state index in [1.807, 2.05) is 0 Å². The van der Waals surface area contributed by atoms with Crippen molar-refractivity contribution in [3.8, 4) is 10.6 Å². The molecule has 0 aliphatic rings. The summed E-state index contributed by atoms with van der Waals surface area (Å²) in [6.45, 7) is 2.12. The maximum atomic E-state index is 10.4. The number of aryl methyl sites for hydroxylation is 1. The SMILES string of the molecule is CCc1ccc(-c2cnc(SCC(=O)O)[nH]2)s1. The molecule has 0 unspecified atom stereocenters. The first-order chi connectivity index (χ1) is 8.19. The number of aliphatic carboxylic acids is 1. The third-order valence-corrected chi connectivity index (χ3v) is 4.30. The van der Waals surface area contributed by atoms with Gasteiger partial charge in [0.2, 0.25) is 0 Å². The summed E-state index contributed by atoms with van der Waals surface area (Å²) in [6.07, 6.45) is 2.77. The van der Waals surface area contributed by atoms with Crippen LogP contribution in [0, 0.1) is 0 Å². The first kappa shape index (κ1) is 12.2. The van der Waals surface area contributed by atoms with E-state index in [4.69, 9.17) is 5.11 Å². The van der Waals surface area contributed by atoms with Gasteiger partial charge in [0.15, 0.2) is 5.16 Å². The van der Waals surface area contributed by atoms with Crippen molar-refractivity contribution in [3.63, 3.8) is 0 Å². The Labute approximate surface area is 107 Å². The molecule has 2 aromatic heterocycles. The van der Waals surface area contributed by atoms with E-state index < -0.39 is 5.97 Å². The number of thioether (sulfide) groups is 1. The van der Waals surface area contributed by atoms with Crippen LogP contribution in [-0.4, -0.2) is 26.8 Å². The van der Waals surface area contributed by atoms with Gasteiger partial charge < -0.3 is 10.1 Å². The lowest BCUT2D eigenvalue weighted by Crippen LogP contribution is -1.97. The lowest BCUT2D eigenvalue weighted by Gasteiger charge is -1.92. The van der Waals surface area contributed by atoms with Crippen LogP contribution >= 0.6 is 23.1 Å². The van der Waals surface area contributed by atoms with Crippen molar-refractivity contribution in [2.45, 2.75) is 18.5 Å². The fourth-order valence-electron chi connectivity index (χ4n) is 1.34. The van der Waals surface area contributed by atoms with Gasteiger partial charge in [-0.05, 0) is 18.6 Å². The van der Waals surface area contributed by atoms with Gasteiger partial charge in [0.25, 0.3) is 0 Å². The first-order valence-corrected chi connectivity index (χ1v) is 6.98. The minimum absolute atomic E-state index is 0.0254. The van der Waals surface area contributed by atoms with Crippen molar-refractivity contribution < 1.29 is 9.90 Å². The van der Waals surface area contributed by atoms with E-state index in [1.165, 1.54) is 16.6 Å². The van der Waals surface area contributed by atoms with Crippen molar-refractivity contribution in [1.29, 1.82) is 0 Å². The van der Waals surface area contributed by atoms with Crippen LogP contribution in [0.15, 0.2) is 23.5 Å². The molecule has 0 aliphatic heterocycles. The smallest absolute Gasteiger partial charge is 0.313 e. The van der Waals surface area contributed by atoms with E-state index in [0.717, 1.165) is 17.0 Å². The molecule has 0 spiro atoms. The Morgan fingerprint density at radius 3 is 3.06 bits per heavy atom. The molecular weight excluding hydrogens is 256 g/mol. The second kappa shape index (κ2) is 5.37. The van der Waals surface area contributed by atoms with Crippen LogP contribution in [0.3, 0.4) is 0 Å². The van der Waals surface area contributed by atoms with Gasteiger partial charge in [-0.1, -0.05) is 18.7 Å². The zero-order valence-corrected chi connectivity index (χ0v) is 10.9. The summed E-state index contributed by atoms with van der Waals surface area (Å²) in [6, 6.07) is 4.16. The number of carboxylic acids is 1. The molecule has 0 radical (unpaired) electrons. The number of hydrogen-bond acceptors (Lipinski definition) is 4. The van der Waals surface area contributed by atoms with E-state index in [0.29, 0.717) is 5.16 Å². The average molecular weight is 268 g/mol. The quantitative estimate of drug-likeness (QED) is 0.818. The summed E-state index contributed by atoms with van der Waals surface area (Å²) in [5.41, 5.74) is 0.947. The summed E-state index contributed by atoms with van der Waals surface area (Å²) < 4.78 is 0. The fraction of sp³-hybridized carbons (Fsp3) is 0.273. The summed E-state index contributed by atoms with van der Waals surface area (Å²) in [5.74, 6) is -0.810. The highest BCUT2D eigenvalue weighted by molar-refractivity contribution is 7.99. The molecule has 0 aromatic carbocycles. The van der Waals surface area contributed by atoms with Crippen LogP contribution in [0.4, 0.5) is 0 Å². The highest BCUT2D eigenvalue weighted by Crippen LogP contribution is 2.28. The Hall–Kier alpha value is -1.27. The molecule has 90 valence electrons. The van der Waals surface area contributed by atoms with Crippen LogP contribution in [-0.2, 0) is 11.2 Å². The van der Waals surface area contributed by atoms with E-state index in [-0.39, 0.29) is 5.75 Å². The number of aromatic amines is 1. The Kier molecular flexibility index (Phi) is 3.86. The van der Waals surface area contributed by atoms with Gasteiger partial charge in [0.05, 0.1) is 22.5 Å². The van der Waals surface area contributed by atoms with E-state index in [9.17, 15) is 4.79 Å². The van der Waals surface area contributed by atoms with Gasteiger partial charge in [-0.2, -0.15) is 0 Å². The van der Waals surface area contributed by atoms with Crippen molar-refractivity contribution in [3.05, 3.63) is 23.2 Å². The third kappa shape index (κ3) is 3.10. The highest BCUT2D eigenvalue weighted by Gasteiger charge is 2.07. The number of hydrogen-bond donors (Lipinski definition) is 2. The van der Waals surface area contributed by atoms with Crippen molar-refractivity contribution in [2.24, 2.45) is 0 Å². The van der Waals surface area contributed by atoms with Gasteiger partial charge >= 0.3 is 5.97 Å². The molecule has 0 aliphatic carbocycles. The number of rotatable bonds is 5. The molecule has 0 saturated heterocycles. The molecule has 2 N–H and O–H groups in total. The average Bonchev–Trinajstić information content (AvgIpc) is 2.94. The number of imidazole rings is 1. The molecule has 0 atom stereocenters. The molecule has 0 saturated carbocycles. The van der Waals surface area contributed by atoms with Crippen molar-refractivity contribution in [1.82, 2.24) is 9.97 Å². The predicted molar refractivity (Wildman–Crippen MR) is 69.6 cm³/mol. The topological polar surface area (TPSA) is 66.0 Å². The Morgan fingerprint density at radius 2 is 2.41 bits per heavy atom. The fourth-order valence-corrected chi connectivity index (χ4v) is 2.83. The standard InChI is InChI=1S/C11H12N2O2S2/c1-2-7-3-4-9(17-7)8-5-12-11(13-8)16-6-10(14)15/h3-5H,2,6H2,1H3,(H,12,13)(H,14,15). The van der Waals surface area contributed by atoms with Crippen LogP contribution in [0.25, 0.3) is 10.6 Å². The molecule has 0 fully saturated rings. The number of carboxylic acid groups (broad SMARTS) is 1. The van der Waals surface area contributed by atoms with Gasteiger partial charge in [-0.15, -0.1) is 11.3 Å². The van der Waals surface area contributed by atoms with Gasteiger partial charge in [-0.25, -0.2) is 4.98 Å². The summed E-state index contributed by atoms with van der Waals surface area (Å²) in [7, 11) is 0. The molecule has 0 bridgehead atoms. The number of thiophene rings is 1. The van der Waals surface area contributed by atoms with E-state index in [2.05, 4.69) is 29.0 Å². The van der Waals surface area contributed by atoms with Crippen LogP contribution in [0.1, 0.15) is 11.8 Å². The summed E-state index contributed by atoms with van der Waals surface area (Å²) >= 11 is 2.92. The largest absolute Gasteiger partial charge is 0.481 e. The number of aromatic nitrogens is 2. The third-order valence-electron chi connectivity index (χ3n) is 2.16. The monoisotopic (exact) mass is 268 g/mol. The van der Waals surface area contributed by atoms with Crippen LogP contribution in [0.2, 0.25) is 0 Å². The lowest BCUT2D eigenvalue weighted by atomic mass is 10.3. The zero-order chi connectivity index (χ0) is 12.3. The van der Waals surface area contributed by atoms with E-state index in [1.54, 1.807) is 17.5 Å². The number of nitrogens with zero attached hydrogens (tertiary/aromatic N) is 1. The molecule has 6 heteroatoms. The summed E-state index contributed by atoms with van der Waals surface area (Å²) in [5, 5.41) is 9.22. The minimum Gasteiger partial charge on any atom is -0.481 e. The lowest BCUT2D eigenvalue weighted by molar-refractivity contribution is -0.133. The Balaban J connectivity index is 2.09. The number of H-pyrrole nitrogens is 1. The van der Waals surface area contributed by atoms with Gasteiger partial charge in [0.1, 0.15) is 0 Å². The Morgan fingerprint density at radius 1 is 1.59 bits per heavy atom. The molecule has 2 rings (SSSR count). The normalized spacial score (nSPS) is 10.6.